The van der Waals surface area contributed by atoms with E-state index < -0.39 is 0 Å². The van der Waals surface area contributed by atoms with Crippen LogP contribution in [0.3, 0.4) is 0 Å². The highest BCUT2D eigenvalue weighted by atomic mass is 16.5. The molecule has 1 aromatic carbocycles. The molecular weight excluding hydrogens is 252 g/mol. The fourth-order valence-electron chi connectivity index (χ4n) is 1.70. The number of pyridine rings is 1. The first-order valence-corrected chi connectivity index (χ1v) is 6.67. The van der Waals surface area contributed by atoms with Crippen molar-refractivity contribution in [2.75, 3.05) is 7.11 Å². The molecule has 0 aliphatic heterocycles. The Morgan fingerprint density at radius 2 is 1.80 bits per heavy atom. The van der Waals surface area contributed by atoms with Crippen molar-refractivity contribution >= 4 is 0 Å². The van der Waals surface area contributed by atoms with Crippen molar-refractivity contribution < 1.29 is 9.47 Å². The van der Waals surface area contributed by atoms with Crippen LogP contribution in [0.15, 0.2) is 42.6 Å². The molecule has 0 unspecified atom stereocenters. The zero-order valence-corrected chi connectivity index (χ0v) is 12.1. The first kappa shape index (κ1) is 14.3. The Balaban J connectivity index is 2.02. The summed E-state index contributed by atoms with van der Waals surface area (Å²) in [5.41, 5.74) is 1.15. The monoisotopic (exact) mass is 272 g/mol. The Morgan fingerprint density at radius 1 is 1.10 bits per heavy atom. The molecule has 0 atom stereocenters. The lowest BCUT2D eigenvalue weighted by molar-refractivity contribution is 0.412. The maximum absolute atomic E-state index is 5.73. The second-order valence-corrected chi connectivity index (χ2v) is 4.82. The summed E-state index contributed by atoms with van der Waals surface area (Å²) in [5.74, 6) is 2.14. The molecule has 0 amide bonds. The molecule has 0 saturated heterocycles. The highest BCUT2D eigenvalue weighted by Crippen LogP contribution is 2.22. The van der Waals surface area contributed by atoms with Crippen molar-refractivity contribution in [3.05, 3.63) is 48.2 Å². The highest BCUT2D eigenvalue weighted by molar-refractivity contribution is 5.34. The molecule has 1 aromatic heterocycles. The number of nitrogens with one attached hydrogen (secondary N) is 1. The van der Waals surface area contributed by atoms with Crippen LogP contribution in [0.5, 0.6) is 17.4 Å². The van der Waals surface area contributed by atoms with Crippen LogP contribution in [0.1, 0.15) is 19.4 Å². The smallest absolute Gasteiger partial charge is 0.219 e. The second kappa shape index (κ2) is 6.91. The minimum atomic E-state index is 0.453. The van der Waals surface area contributed by atoms with E-state index >= 15 is 0 Å². The Morgan fingerprint density at radius 3 is 2.45 bits per heavy atom. The van der Waals surface area contributed by atoms with Gasteiger partial charge in [-0.25, -0.2) is 4.98 Å². The number of ether oxygens (including phenoxy) is 2. The molecule has 0 fully saturated rings. The number of nitrogens with zero attached hydrogens (tertiary/aromatic N) is 1. The number of aromatic nitrogens is 1. The van der Waals surface area contributed by atoms with Crippen LogP contribution in [-0.4, -0.2) is 18.1 Å². The Labute approximate surface area is 119 Å². The van der Waals surface area contributed by atoms with Gasteiger partial charge >= 0.3 is 0 Å². The summed E-state index contributed by atoms with van der Waals surface area (Å²) >= 11 is 0. The molecule has 0 bridgehead atoms. The van der Waals surface area contributed by atoms with Crippen LogP contribution >= 0.6 is 0 Å². The molecule has 20 heavy (non-hydrogen) atoms. The number of methoxy groups -OCH3 is 1. The summed E-state index contributed by atoms with van der Waals surface area (Å²) in [7, 11) is 1.64. The topological polar surface area (TPSA) is 43.4 Å². The van der Waals surface area contributed by atoms with Crippen molar-refractivity contribution in [2.45, 2.75) is 26.4 Å². The Kier molecular flexibility index (Phi) is 4.96. The summed E-state index contributed by atoms with van der Waals surface area (Å²) in [6.45, 7) is 5.05. The average molecular weight is 272 g/mol. The normalized spacial score (nSPS) is 10.6. The van der Waals surface area contributed by atoms with E-state index in [-0.39, 0.29) is 0 Å². The van der Waals surface area contributed by atoms with Gasteiger partial charge in [-0.2, -0.15) is 0 Å². The Bertz CT molecular complexity index is 538. The summed E-state index contributed by atoms with van der Waals surface area (Å²) < 4.78 is 10.8. The molecule has 0 radical (unpaired) electrons. The van der Waals surface area contributed by atoms with Gasteiger partial charge in [0.25, 0.3) is 0 Å². The van der Waals surface area contributed by atoms with Crippen LogP contribution in [-0.2, 0) is 6.54 Å². The van der Waals surface area contributed by atoms with Crippen LogP contribution < -0.4 is 14.8 Å². The van der Waals surface area contributed by atoms with E-state index in [0.717, 1.165) is 23.6 Å². The number of hydrogen-bond donors (Lipinski definition) is 1. The first-order chi connectivity index (χ1) is 9.67. The molecule has 0 spiro atoms. The summed E-state index contributed by atoms with van der Waals surface area (Å²) in [6.07, 6.45) is 1.76. The van der Waals surface area contributed by atoms with Gasteiger partial charge in [-0.1, -0.05) is 13.8 Å². The van der Waals surface area contributed by atoms with Gasteiger partial charge in [-0.3, -0.25) is 0 Å². The zero-order chi connectivity index (χ0) is 14.4. The molecule has 0 aliphatic carbocycles. The maximum atomic E-state index is 5.73. The molecule has 4 nitrogen and oxygen atoms in total. The minimum absolute atomic E-state index is 0.453. The van der Waals surface area contributed by atoms with Crippen LogP contribution in [0.25, 0.3) is 0 Å². The van der Waals surface area contributed by atoms with Gasteiger partial charge in [0.1, 0.15) is 11.5 Å². The van der Waals surface area contributed by atoms with Crippen LogP contribution in [0, 0.1) is 0 Å². The molecule has 4 heteroatoms. The first-order valence-electron chi connectivity index (χ1n) is 6.67. The van der Waals surface area contributed by atoms with E-state index in [1.807, 2.05) is 36.4 Å². The predicted octanol–water partition coefficient (Wildman–Crippen LogP) is 3.38. The van der Waals surface area contributed by atoms with E-state index in [1.165, 1.54) is 0 Å². The van der Waals surface area contributed by atoms with Gasteiger partial charge < -0.3 is 14.8 Å². The quantitative estimate of drug-likeness (QED) is 0.875. The fourth-order valence-corrected chi connectivity index (χ4v) is 1.70. The lowest BCUT2D eigenvalue weighted by Gasteiger charge is -2.10. The van der Waals surface area contributed by atoms with Gasteiger partial charge in [-0.15, -0.1) is 0 Å². The SMILES string of the molecule is COc1ccc(Oc2cc(CNC(C)C)ccn2)cc1. The van der Waals surface area contributed by atoms with E-state index in [2.05, 4.69) is 24.1 Å². The van der Waals surface area contributed by atoms with Gasteiger partial charge in [0, 0.05) is 24.8 Å². The largest absolute Gasteiger partial charge is 0.497 e. The number of benzene rings is 1. The van der Waals surface area contributed by atoms with Gasteiger partial charge in [0.2, 0.25) is 5.88 Å². The highest BCUT2D eigenvalue weighted by Gasteiger charge is 2.02. The average Bonchev–Trinajstić information content (AvgIpc) is 2.46. The van der Waals surface area contributed by atoms with E-state index in [1.54, 1.807) is 13.3 Å². The summed E-state index contributed by atoms with van der Waals surface area (Å²) in [5, 5.41) is 3.37. The van der Waals surface area contributed by atoms with Gasteiger partial charge in [-0.05, 0) is 35.9 Å². The Hall–Kier alpha value is -2.07. The lowest BCUT2D eigenvalue weighted by atomic mass is 10.2. The molecule has 1 heterocycles. The van der Waals surface area contributed by atoms with Gasteiger partial charge in [0.15, 0.2) is 0 Å². The zero-order valence-electron chi connectivity index (χ0n) is 12.1. The maximum Gasteiger partial charge on any atom is 0.219 e. The van der Waals surface area contributed by atoms with Crippen molar-refractivity contribution in [1.29, 1.82) is 0 Å². The van der Waals surface area contributed by atoms with Crippen molar-refractivity contribution in [1.82, 2.24) is 10.3 Å². The molecule has 2 aromatic rings. The number of hydrogen-bond acceptors (Lipinski definition) is 4. The molecule has 2 rings (SSSR count). The standard InChI is InChI=1S/C16H20N2O2/c1-12(2)18-11-13-8-9-17-16(10-13)20-15-6-4-14(19-3)5-7-15/h4-10,12,18H,11H2,1-3H3. The molecular formula is C16H20N2O2. The van der Waals surface area contributed by atoms with E-state index in [4.69, 9.17) is 9.47 Å². The third-order valence-electron chi connectivity index (χ3n) is 2.80. The molecule has 0 aliphatic rings. The number of rotatable bonds is 6. The summed E-state index contributed by atoms with van der Waals surface area (Å²) in [4.78, 5) is 4.22. The predicted molar refractivity (Wildman–Crippen MR) is 79.3 cm³/mol. The van der Waals surface area contributed by atoms with Crippen molar-refractivity contribution in [3.8, 4) is 17.4 Å². The van der Waals surface area contributed by atoms with Gasteiger partial charge in [0.05, 0.1) is 7.11 Å². The third-order valence-corrected chi connectivity index (χ3v) is 2.80. The van der Waals surface area contributed by atoms with E-state index in [9.17, 15) is 0 Å². The van der Waals surface area contributed by atoms with Crippen LogP contribution in [0.2, 0.25) is 0 Å². The molecule has 0 saturated carbocycles. The third kappa shape index (κ3) is 4.24. The van der Waals surface area contributed by atoms with Crippen LogP contribution in [0.4, 0.5) is 0 Å². The molecule has 1 N–H and O–H groups in total. The van der Waals surface area contributed by atoms with E-state index in [0.29, 0.717) is 11.9 Å². The molecule has 106 valence electrons. The van der Waals surface area contributed by atoms with Crippen molar-refractivity contribution in [2.24, 2.45) is 0 Å². The lowest BCUT2D eigenvalue weighted by Crippen LogP contribution is -2.21. The van der Waals surface area contributed by atoms with Crippen molar-refractivity contribution in [3.63, 3.8) is 0 Å². The second-order valence-electron chi connectivity index (χ2n) is 4.82. The fraction of sp³-hybridized carbons (Fsp3) is 0.312. The minimum Gasteiger partial charge on any atom is -0.497 e. The summed E-state index contributed by atoms with van der Waals surface area (Å²) in [6, 6.07) is 11.8.